The van der Waals surface area contributed by atoms with Crippen molar-refractivity contribution in [1.29, 1.82) is 0 Å². The molecule has 0 spiro atoms. The highest BCUT2D eigenvalue weighted by Gasteiger charge is 2.20. The van der Waals surface area contributed by atoms with Gasteiger partial charge in [-0.3, -0.25) is 0 Å². The molecule has 1 aromatic rings. The molecule has 2 atom stereocenters. The standard InChI is InChI=1S/C10H12BrClO3/c11-4-3-9(14)10(15)7-5-6(12)1-2-8(7)13/h1-2,5,9-10,13-15H,3-4H2. The Bertz CT molecular complexity index is 332. The van der Waals surface area contributed by atoms with E-state index in [0.717, 1.165) is 0 Å². The lowest BCUT2D eigenvalue weighted by Gasteiger charge is -2.18. The van der Waals surface area contributed by atoms with E-state index in [9.17, 15) is 15.3 Å². The number of phenols is 1. The summed E-state index contributed by atoms with van der Waals surface area (Å²) in [4.78, 5) is 0. The van der Waals surface area contributed by atoms with Gasteiger partial charge in [-0.1, -0.05) is 27.5 Å². The number of aliphatic hydroxyl groups excluding tert-OH is 2. The molecule has 0 aliphatic rings. The largest absolute Gasteiger partial charge is 0.508 e. The first-order valence-electron chi connectivity index (χ1n) is 4.46. The van der Waals surface area contributed by atoms with Gasteiger partial charge in [0, 0.05) is 15.9 Å². The molecule has 2 unspecified atom stereocenters. The van der Waals surface area contributed by atoms with Crippen LogP contribution in [0.2, 0.25) is 5.02 Å². The normalized spacial score (nSPS) is 14.9. The zero-order chi connectivity index (χ0) is 11.4. The molecule has 1 rings (SSSR count). The van der Waals surface area contributed by atoms with Crippen molar-refractivity contribution < 1.29 is 15.3 Å². The number of alkyl halides is 1. The van der Waals surface area contributed by atoms with Crippen molar-refractivity contribution in [3.63, 3.8) is 0 Å². The summed E-state index contributed by atoms with van der Waals surface area (Å²) in [7, 11) is 0. The third kappa shape index (κ3) is 3.34. The van der Waals surface area contributed by atoms with Crippen LogP contribution >= 0.6 is 27.5 Å². The molecular formula is C10H12BrClO3. The number of benzene rings is 1. The quantitative estimate of drug-likeness (QED) is 0.747. The maximum atomic E-state index is 9.74. The maximum absolute atomic E-state index is 9.74. The molecule has 0 saturated carbocycles. The first-order chi connectivity index (χ1) is 7.06. The van der Waals surface area contributed by atoms with Crippen LogP contribution in [0.4, 0.5) is 0 Å². The Labute approximate surface area is 101 Å². The van der Waals surface area contributed by atoms with Crippen molar-refractivity contribution in [2.75, 3.05) is 5.33 Å². The number of hydrogen-bond acceptors (Lipinski definition) is 3. The second-order valence-electron chi connectivity index (χ2n) is 3.19. The number of hydrogen-bond donors (Lipinski definition) is 3. The van der Waals surface area contributed by atoms with Gasteiger partial charge >= 0.3 is 0 Å². The minimum Gasteiger partial charge on any atom is -0.508 e. The fourth-order valence-corrected chi connectivity index (χ4v) is 1.89. The second kappa shape index (κ2) is 5.70. The molecule has 3 nitrogen and oxygen atoms in total. The van der Waals surface area contributed by atoms with Crippen LogP contribution in [0.3, 0.4) is 0 Å². The Morgan fingerprint density at radius 3 is 2.60 bits per heavy atom. The molecule has 0 aliphatic heterocycles. The average Bonchev–Trinajstić information content (AvgIpc) is 2.21. The van der Waals surface area contributed by atoms with E-state index in [2.05, 4.69) is 15.9 Å². The minimum atomic E-state index is -1.12. The number of aromatic hydroxyl groups is 1. The van der Waals surface area contributed by atoms with Gasteiger partial charge in [-0.25, -0.2) is 0 Å². The molecule has 3 N–H and O–H groups in total. The van der Waals surface area contributed by atoms with Crippen LogP contribution in [0.25, 0.3) is 0 Å². The van der Waals surface area contributed by atoms with Gasteiger partial charge in [0.1, 0.15) is 11.9 Å². The third-order valence-electron chi connectivity index (χ3n) is 2.08. The zero-order valence-corrected chi connectivity index (χ0v) is 10.2. The molecule has 5 heteroatoms. The van der Waals surface area contributed by atoms with Crippen molar-refractivity contribution >= 4 is 27.5 Å². The van der Waals surface area contributed by atoms with Crippen molar-refractivity contribution in [1.82, 2.24) is 0 Å². The predicted molar refractivity (Wildman–Crippen MR) is 62.5 cm³/mol. The van der Waals surface area contributed by atoms with Gasteiger partial charge in [0.15, 0.2) is 0 Å². The summed E-state index contributed by atoms with van der Waals surface area (Å²) in [6.45, 7) is 0. The molecule has 0 fully saturated rings. The number of halogens is 2. The van der Waals surface area contributed by atoms with E-state index in [-0.39, 0.29) is 11.3 Å². The van der Waals surface area contributed by atoms with Crippen molar-refractivity contribution in [2.24, 2.45) is 0 Å². The van der Waals surface area contributed by atoms with E-state index in [1.165, 1.54) is 18.2 Å². The third-order valence-corrected chi connectivity index (χ3v) is 2.77. The highest BCUT2D eigenvalue weighted by molar-refractivity contribution is 9.09. The topological polar surface area (TPSA) is 60.7 Å². The fourth-order valence-electron chi connectivity index (χ4n) is 1.24. The van der Waals surface area contributed by atoms with Gasteiger partial charge in [-0.05, 0) is 24.6 Å². The van der Waals surface area contributed by atoms with Crippen LogP contribution in [0, 0.1) is 0 Å². The Morgan fingerprint density at radius 1 is 1.33 bits per heavy atom. The van der Waals surface area contributed by atoms with Crippen LogP contribution in [0.5, 0.6) is 5.75 Å². The van der Waals surface area contributed by atoms with Gasteiger partial charge in [-0.15, -0.1) is 0 Å². The lowest BCUT2D eigenvalue weighted by atomic mass is 10.0. The van der Waals surface area contributed by atoms with Crippen molar-refractivity contribution in [3.8, 4) is 5.75 Å². The highest BCUT2D eigenvalue weighted by atomic mass is 79.9. The molecule has 0 saturated heterocycles. The van der Waals surface area contributed by atoms with Crippen molar-refractivity contribution in [3.05, 3.63) is 28.8 Å². The highest BCUT2D eigenvalue weighted by Crippen LogP contribution is 2.30. The molecule has 1 aromatic carbocycles. The Morgan fingerprint density at radius 2 is 2.00 bits per heavy atom. The molecule has 84 valence electrons. The summed E-state index contributed by atoms with van der Waals surface area (Å²) in [5.74, 6) is -0.0690. The molecule has 0 heterocycles. The fraction of sp³-hybridized carbons (Fsp3) is 0.400. The number of phenolic OH excluding ortho intramolecular Hbond substituents is 1. The molecule has 0 radical (unpaired) electrons. The van der Waals surface area contributed by atoms with Gasteiger partial charge in [0.2, 0.25) is 0 Å². The van der Waals surface area contributed by atoms with Crippen LogP contribution in [0.15, 0.2) is 18.2 Å². The zero-order valence-electron chi connectivity index (χ0n) is 7.90. The predicted octanol–water partition coefficient (Wildman–Crippen LogP) is 2.22. The van der Waals surface area contributed by atoms with E-state index in [0.29, 0.717) is 16.8 Å². The maximum Gasteiger partial charge on any atom is 0.121 e. The average molecular weight is 296 g/mol. The molecule has 15 heavy (non-hydrogen) atoms. The lowest BCUT2D eigenvalue weighted by molar-refractivity contribution is 0.0160. The van der Waals surface area contributed by atoms with Crippen molar-refractivity contribution in [2.45, 2.75) is 18.6 Å². The lowest BCUT2D eigenvalue weighted by Crippen LogP contribution is -2.18. The Balaban J connectivity index is 2.89. The van der Waals surface area contributed by atoms with Gasteiger partial charge < -0.3 is 15.3 Å². The second-order valence-corrected chi connectivity index (χ2v) is 4.42. The Kier molecular flexibility index (Phi) is 4.86. The summed E-state index contributed by atoms with van der Waals surface area (Å²) >= 11 is 8.89. The van der Waals surface area contributed by atoms with Gasteiger partial charge in [-0.2, -0.15) is 0 Å². The summed E-state index contributed by atoms with van der Waals surface area (Å²) in [5, 5.41) is 29.8. The van der Waals surface area contributed by atoms with Crippen LogP contribution < -0.4 is 0 Å². The van der Waals surface area contributed by atoms with Gasteiger partial charge in [0.25, 0.3) is 0 Å². The molecule has 0 bridgehead atoms. The van der Waals surface area contributed by atoms with Crippen LogP contribution in [0.1, 0.15) is 18.1 Å². The summed E-state index contributed by atoms with van der Waals surface area (Å²) < 4.78 is 0. The summed E-state index contributed by atoms with van der Waals surface area (Å²) in [5.41, 5.74) is 0.246. The minimum absolute atomic E-state index is 0.0690. The van der Waals surface area contributed by atoms with E-state index < -0.39 is 12.2 Å². The SMILES string of the molecule is Oc1ccc(Cl)cc1C(O)C(O)CCBr. The first kappa shape index (κ1) is 12.8. The smallest absolute Gasteiger partial charge is 0.121 e. The van der Waals surface area contributed by atoms with Crippen LogP contribution in [-0.4, -0.2) is 26.8 Å². The number of rotatable bonds is 4. The molecular weight excluding hydrogens is 283 g/mol. The summed E-state index contributed by atoms with van der Waals surface area (Å²) in [6.07, 6.45) is -1.65. The number of aliphatic hydroxyl groups is 2. The molecule has 0 aliphatic carbocycles. The molecule has 0 aromatic heterocycles. The van der Waals surface area contributed by atoms with E-state index in [4.69, 9.17) is 11.6 Å². The van der Waals surface area contributed by atoms with Crippen LogP contribution in [-0.2, 0) is 0 Å². The van der Waals surface area contributed by atoms with E-state index >= 15 is 0 Å². The monoisotopic (exact) mass is 294 g/mol. The Hall–Kier alpha value is -0.290. The molecule has 0 amide bonds. The summed E-state index contributed by atoms with van der Waals surface area (Å²) in [6, 6.07) is 4.35. The van der Waals surface area contributed by atoms with E-state index in [1.54, 1.807) is 0 Å². The first-order valence-corrected chi connectivity index (χ1v) is 5.96. The van der Waals surface area contributed by atoms with Gasteiger partial charge in [0.05, 0.1) is 6.10 Å². The van der Waals surface area contributed by atoms with E-state index in [1.807, 2.05) is 0 Å².